The summed E-state index contributed by atoms with van der Waals surface area (Å²) in [5.74, 6) is -0.336. The van der Waals surface area contributed by atoms with Gasteiger partial charge in [-0.15, -0.1) is 0 Å². The molecule has 0 aromatic heterocycles. The first-order chi connectivity index (χ1) is 9.58. The van der Waals surface area contributed by atoms with Crippen LogP contribution in [0.5, 0.6) is 0 Å². The first kappa shape index (κ1) is 17.0. The Bertz CT molecular complexity index is 435. The number of halogens is 1. The first-order valence-corrected chi connectivity index (χ1v) is 6.77. The van der Waals surface area contributed by atoms with E-state index >= 15 is 0 Å². The molecule has 0 unspecified atom stereocenters. The normalized spacial score (nSPS) is 11.0. The van der Waals surface area contributed by atoms with Crippen LogP contribution in [0.15, 0.2) is 18.2 Å². The molecule has 4 nitrogen and oxygen atoms in total. The number of nitrogens with two attached hydrogens (primary N) is 1. The lowest BCUT2D eigenvalue weighted by Gasteiger charge is -2.23. The molecule has 2 N–H and O–H groups in total. The molecule has 0 saturated carbocycles. The second-order valence-corrected chi connectivity index (χ2v) is 4.87. The van der Waals surface area contributed by atoms with Gasteiger partial charge >= 0.3 is 0 Å². The maximum atomic E-state index is 13.3. The van der Waals surface area contributed by atoms with Crippen LogP contribution < -0.4 is 5.73 Å². The number of rotatable bonds is 9. The average molecular weight is 300 g/mol. The number of ether oxygens (including phenoxy) is 2. The van der Waals surface area contributed by atoms with Gasteiger partial charge in [0.05, 0.1) is 13.2 Å². The molecule has 0 atom stereocenters. The van der Waals surface area contributed by atoms with Crippen LogP contribution in [0.3, 0.4) is 0 Å². The minimum atomic E-state index is -0.336. The van der Waals surface area contributed by atoms with Gasteiger partial charge in [-0.25, -0.2) is 4.39 Å². The average Bonchev–Trinajstić information content (AvgIpc) is 2.43. The van der Waals surface area contributed by atoms with Crippen LogP contribution in [0.25, 0.3) is 0 Å². The zero-order chi connectivity index (χ0) is 15.0. The number of thiocarbonyl (C=S) groups is 1. The van der Waals surface area contributed by atoms with Gasteiger partial charge in [-0.05, 0) is 17.7 Å². The van der Waals surface area contributed by atoms with Gasteiger partial charge in [0.2, 0.25) is 0 Å². The predicted octanol–water partition coefficient (Wildman–Crippen LogP) is 1.55. The maximum absolute atomic E-state index is 13.3. The molecule has 0 aliphatic rings. The summed E-state index contributed by atoms with van der Waals surface area (Å²) >= 11 is 4.98. The third kappa shape index (κ3) is 5.50. The Morgan fingerprint density at radius 3 is 2.35 bits per heavy atom. The Morgan fingerprint density at radius 2 is 1.85 bits per heavy atom. The highest BCUT2D eigenvalue weighted by Crippen LogP contribution is 2.14. The van der Waals surface area contributed by atoms with E-state index in [9.17, 15) is 4.39 Å². The summed E-state index contributed by atoms with van der Waals surface area (Å²) in [4.78, 5) is 2.36. The summed E-state index contributed by atoms with van der Waals surface area (Å²) < 4.78 is 23.5. The zero-order valence-electron chi connectivity index (χ0n) is 11.9. The molecule has 0 aliphatic carbocycles. The van der Waals surface area contributed by atoms with E-state index in [1.54, 1.807) is 20.3 Å². The Kier molecular flexibility index (Phi) is 7.61. The monoisotopic (exact) mass is 300 g/mol. The number of benzene rings is 1. The summed E-state index contributed by atoms with van der Waals surface area (Å²) in [6, 6.07) is 4.51. The molecule has 112 valence electrons. The van der Waals surface area contributed by atoms with Crippen molar-refractivity contribution in [3.05, 3.63) is 35.1 Å². The zero-order valence-corrected chi connectivity index (χ0v) is 12.7. The van der Waals surface area contributed by atoms with E-state index in [4.69, 9.17) is 27.4 Å². The van der Waals surface area contributed by atoms with Crippen LogP contribution in [-0.4, -0.2) is 50.4 Å². The second-order valence-electron chi connectivity index (χ2n) is 4.43. The molecule has 0 amide bonds. The van der Waals surface area contributed by atoms with Gasteiger partial charge in [-0.1, -0.05) is 18.3 Å². The third-order valence-electron chi connectivity index (χ3n) is 2.95. The topological polar surface area (TPSA) is 47.7 Å². The maximum Gasteiger partial charge on any atom is 0.123 e. The molecule has 1 aromatic rings. The van der Waals surface area contributed by atoms with E-state index in [0.29, 0.717) is 25.3 Å². The van der Waals surface area contributed by atoms with E-state index in [0.717, 1.165) is 18.7 Å². The molecular formula is C14H21FN2O2S. The molecule has 0 fully saturated rings. The van der Waals surface area contributed by atoms with E-state index < -0.39 is 0 Å². The van der Waals surface area contributed by atoms with E-state index in [2.05, 4.69) is 4.90 Å². The molecular weight excluding hydrogens is 279 g/mol. The predicted molar refractivity (Wildman–Crippen MR) is 81.3 cm³/mol. The van der Waals surface area contributed by atoms with Crippen LogP contribution in [0.4, 0.5) is 4.39 Å². The van der Waals surface area contributed by atoms with Crippen molar-refractivity contribution in [2.24, 2.45) is 5.73 Å². The van der Waals surface area contributed by atoms with Gasteiger partial charge < -0.3 is 15.2 Å². The lowest BCUT2D eigenvalue weighted by molar-refractivity contribution is 0.110. The Labute approximate surface area is 124 Å². The largest absolute Gasteiger partial charge is 0.389 e. The van der Waals surface area contributed by atoms with Crippen LogP contribution in [0.2, 0.25) is 0 Å². The minimum Gasteiger partial charge on any atom is -0.389 e. The lowest BCUT2D eigenvalue weighted by atomic mass is 10.1. The molecule has 20 heavy (non-hydrogen) atoms. The summed E-state index contributed by atoms with van der Waals surface area (Å²) in [7, 11) is 3.32. The van der Waals surface area contributed by atoms with Gasteiger partial charge in [0, 0.05) is 39.4 Å². The first-order valence-electron chi connectivity index (χ1n) is 6.37. The molecule has 0 saturated heterocycles. The summed E-state index contributed by atoms with van der Waals surface area (Å²) in [6.45, 7) is 3.38. The highest BCUT2D eigenvalue weighted by molar-refractivity contribution is 7.80. The van der Waals surface area contributed by atoms with Crippen molar-refractivity contribution in [3.63, 3.8) is 0 Å². The lowest BCUT2D eigenvalue weighted by Crippen LogP contribution is -2.31. The van der Waals surface area contributed by atoms with E-state index in [-0.39, 0.29) is 10.8 Å². The van der Waals surface area contributed by atoms with Crippen molar-refractivity contribution in [1.29, 1.82) is 0 Å². The highest BCUT2D eigenvalue weighted by Gasteiger charge is 2.11. The summed E-state index contributed by atoms with van der Waals surface area (Å²) in [6.07, 6.45) is 0. The van der Waals surface area contributed by atoms with E-state index in [1.807, 2.05) is 0 Å². The Hall–Kier alpha value is -1.08. The number of hydrogen-bond donors (Lipinski definition) is 1. The van der Waals surface area contributed by atoms with Crippen LogP contribution >= 0.6 is 12.2 Å². The number of methoxy groups -OCH3 is 2. The fourth-order valence-corrected chi connectivity index (χ4v) is 2.06. The molecule has 0 spiro atoms. The second kappa shape index (κ2) is 8.97. The number of hydrogen-bond acceptors (Lipinski definition) is 4. The van der Waals surface area contributed by atoms with Crippen LogP contribution in [0, 0.1) is 5.82 Å². The molecule has 0 heterocycles. The fraction of sp³-hybridized carbons (Fsp3) is 0.500. The molecule has 0 aliphatic heterocycles. The molecule has 0 bridgehead atoms. The Balaban J connectivity index is 2.83. The quantitative estimate of drug-likeness (QED) is 0.701. The molecule has 1 aromatic carbocycles. The van der Waals surface area contributed by atoms with Gasteiger partial charge in [-0.2, -0.15) is 0 Å². The summed E-state index contributed by atoms with van der Waals surface area (Å²) in [5, 5.41) is 0. The summed E-state index contributed by atoms with van der Waals surface area (Å²) in [5.41, 5.74) is 7.15. The van der Waals surface area contributed by atoms with Gasteiger partial charge in [-0.3, -0.25) is 4.90 Å². The number of nitrogens with zero attached hydrogens (tertiary/aromatic N) is 1. The molecule has 6 heteroatoms. The standard InChI is InChI=1S/C14H21FN2O2S/c1-18-7-5-17(6-8-19-2)10-11-3-4-12(15)9-13(11)14(16)20/h3-4,9H,5-8,10H2,1-2H3,(H2,16,20). The van der Waals surface area contributed by atoms with Crippen LogP contribution in [0.1, 0.15) is 11.1 Å². The minimum absolute atomic E-state index is 0.206. The fourth-order valence-electron chi connectivity index (χ4n) is 1.87. The SMILES string of the molecule is COCCN(CCOC)Cc1ccc(F)cc1C(N)=S. The van der Waals surface area contributed by atoms with Gasteiger partial charge in [0.25, 0.3) is 0 Å². The van der Waals surface area contributed by atoms with Crippen molar-refractivity contribution in [1.82, 2.24) is 4.90 Å². The van der Waals surface area contributed by atoms with Gasteiger partial charge in [0.15, 0.2) is 0 Å². The van der Waals surface area contributed by atoms with E-state index in [1.165, 1.54) is 12.1 Å². The molecule has 1 rings (SSSR count). The Morgan fingerprint density at radius 1 is 1.25 bits per heavy atom. The smallest absolute Gasteiger partial charge is 0.123 e. The van der Waals surface area contributed by atoms with Crippen molar-refractivity contribution in [3.8, 4) is 0 Å². The van der Waals surface area contributed by atoms with Gasteiger partial charge in [0.1, 0.15) is 10.8 Å². The third-order valence-corrected chi connectivity index (χ3v) is 3.17. The highest BCUT2D eigenvalue weighted by atomic mass is 32.1. The van der Waals surface area contributed by atoms with Crippen molar-refractivity contribution in [2.75, 3.05) is 40.5 Å². The van der Waals surface area contributed by atoms with Crippen molar-refractivity contribution in [2.45, 2.75) is 6.54 Å². The van der Waals surface area contributed by atoms with Crippen molar-refractivity contribution < 1.29 is 13.9 Å². The molecule has 0 radical (unpaired) electrons. The van der Waals surface area contributed by atoms with Crippen LogP contribution in [-0.2, 0) is 16.0 Å². The van der Waals surface area contributed by atoms with Crippen molar-refractivity contribution >= 4 is 17.2 Å².